The van der Waals surface area contributed by atoms with Gasteiger partial charge in [-0.25, -0.2) is 0 Å². The molecule has 0 heterocycles. The van der Waals surface area contributed by atoms with Crippen LogP contribution >= 0.6 is 58.0 Å². The van der Waals surface area contributed by atoms with Gasteiger partial charge in [0.15, 0.2) is 0 Å². The highest BCUT2D eigenvalue weighted by Gasteiger charge is 2.10. The molecule has 0 radical (unpaired) electrons. The first kappa shape index (κ1) is 12.7. The van der Waals surface area contributed by atoms with Crippen LogP contribution in [0.1, 0.15) is 5.56 Å². The van der Waals surface area contributed by atoms with Crippen molar-refractivity contribution in [1.82, 2.24) is 0 Å². The lowest BCUT2D eigenvalue weighted by Crippen LogP contribution is -2.05. The van der Waals surface area contributed by atoms with Crippen LogP contribution in [-0.2, 0) is 6.42 Å². The molecule has 0 amide bonds. The van der Waals surface area contributed by atoms with E-state index in [1.165, 1.54) is 0 Å². The summed E-state index contributed by atoms with van der Waals surface area (Å²) in [5, 5.41) is 1.34. The predicted octanol–water partition coefficient (Wildman–Crippen LogP) is 5.04. The van der Waals surface area contributed by atoms with E-state index in [2.05, 4.69) is 0 Å². The van der Waals surface area contributed by atoms with Crippen molar-refractivity contribution in [1.29, 1.82) is 0 Å². The Hall–Kier alpha value is 0.670. The van der Waals surface area contributed by atoms with Crippen molar-refractivity contribution in [3.05, 3.63) is 32.8 Å². The van der Waals surface area contributed by atoms with Gasteiger partial charge in [0, 0.05) is 10.9 Å². The van der Waals surface area contributed by atoms with E-state index in [-0.39, 0.29) is 5.38 Å². The summed E-state index contributed by atoms with van der Waals surface area (Å²) in [6.45, 7) is 0. The number of hydrogen-bond acceptors (Lipinski definition) is 0. The van der Waals surface area contributed by atoms with Crippen molar-refractivity contribution in [2.45, 2.75) is 11.8 Å². The summed E-state index contributed by atoms with van der Waals surface area (Å²) in [5.41, 5.74) is 0.863. The van der Waals surface area contributed by atoms with Crippen molar-refractivity contribution in [2.24, 2.45) is 0 Å². The minimum absolute atomic E-state index is 0.147. The maximum absolute atomic E-state index is 5.96. The zero-order valence-corrected chi connectivity index (χ0v) is 10.8. The standard InChI is InChI=1S/C9H7Cl5/c10-4-6(11)1-5-2-8(13)9(14)3-7(5)12/h2-3,6H,1,4H2. The fourth-order valence-corrected chi connectivity index (χ4v) is 1.94. The third-order valence-corrected chi connectivity index (χ3v) is 3.61. The number of benzene rings is 1. The van der Waals surface area contributed by atoms with Crippen molar-refractivity contribution in [3.8, 4) is 0 Å². The second-order valence-corrected chi connectivity index (χ2v) is 4.96. The van der Waals surface area contributed by atoms with Crippen molar-refractivity contribution < 1.29 is 0 Å². The lowest BCUT2D eigenvalue weighted by Gasteiger charge is -2.08. The first-order valence-corrected chi connectivity index (χ1v) is 5.98. The number of hydrogen-bond donors (Lipinski definition) is 0. The molecule has 1 rings (SSSR count). The van der Waals surface area contributed by atoms with Crippen molar-refractivity contribution >= 4 is 58.0 Å². The quantitative estimate of drug-likeness (QED) is 0.541. The molecule has 0 aliphatic heterocycles. The summed E-state index contributed by atoms with van der Waals surface area (Å²) in [5.74, 6) is 0.373. The van der Waals surface area contributed by atoms with Crippen molar-refractivity contribution in [2.75, 3.05) is 5.88 Å². The topological polar surface area (TPSA) is 0 Å². The molecule has 0 saturated carbocycles. The second-order valence-electron chi connectivity index (χ2n) is 2.81. The molecule has 0 bridgehead atoms. The number of halogens is 5. The summed E-state index contributed by atoms with van der Waals surface area (Å²) in [6, 6.07) is 3.33. The SMILES string of the molecule is ClCC(Cl)Cc1cc(Cl)c(Cl)cc1Cl. The molecule has 0 fully saturated rings. The van der Waals surface area contributed by atoms with Crippen LogP contribution < -0.4 is 0 Å². The van der Waals surface area contributed by atoms with Gasteiger partial charge in [-0.15, -0.1) is 23.2 Å². The monoisotopic (exact) mass is 290 g/mol. The third-order valence-electron chi connectivity index (χ3n) is 1.70. The van der Waals surface area contributed by atoms with Crippen LogP contribution in [0.25, 0.3) is 0 Å². The van der Waals surface area contributed by atoms with Gasteiger partial charge in [0.25, 0.3) is 0 Å². The van der Waals surface area contributed by atoms with Gasteiger partial charge in [-0.3, -0.25) is 0 Å². The molecule has 0 aliphatic rings. The smallest absolute Gasteiger partial charge is 0.0607 e. The van der Waals surface area contributed by atoms with E-state index in [0.717, 1.165) is 5.56 Å². The first-order valence-electron chi connectivity index (χ1n) is 3.88. The molecular formula is C9H7Cl5. The summed E-state index contributed by atoms with van der Waals surface area (Å²) in [7, 11) is 0. The maximum Gasteiger partial charge on any atom is 0.0607 e. The Morgan fingerprint density at radius 1 is 1.00 bits per heavy atom. The lowest BCUT2D eigenvalue weighted by molar-refractivity contribution is 0.938. The van der Waals surface area contributed by atoms with Gasteiger partial charge >= 0.3 is 0 Å². The molecule has 0 nitrogen and oxygen atoms in total. The third kappa shape index (κ3) is 3.36. The average molecular weight is 292 g/mol. The van der Waals surface area contributed by atoms with Crippen LogP contribution in [0.4, 0.5) is 0 Å². The van der Waals surface area contributed by atoms with Gasteiger partial charge in [0.05, 0.1) is 15.4 Å². The largest absolute Gasteiger partial charge is 0.125 e. The molecule has 1 aromatic carbocycles. The summed E-state index contributed by atoms with van der Waals surface area (Å²) in [4.78, 5) is 0. The highest BCUT2D eigenvalue weighted by molar-refractivity contribution is 6.43. The fraction of sp³-hybridized carbons (Fsp3) is 0.333. The van der Waals surface area contributed by atoms with E-state index in [1.807, 2.05) is 0 Å². The van der Waals surface area contributed by atoms with Crippen LogP contribution in [0.3, 0.4) is 0 Å². The van der Waals surface area contributed by atoms with Gasteiger partial charge in [-0.05, 0) is 24.1 Å². The molecule has 1 aromatic rings. The zero-order valence-electron chi connectivity index (χ0n) is 7.04. The Labute approximate surface area is 108 Å². The van der Waals surface area contributed by atoms with Crippen LogP contribution in [-0.4, -0.2) is 11.3 Å². The molecule has 0 aromatic heterocycles. The highest BCUT2D eigenvalue weighted by atomic mass is 35.5. The molecule has 78 valence electrons. The zero-order chi connectivity index (χ0) is 10.7. The maximum atomic E-state index is 5.96. The van der Waals surface area contributed by atoms with Gasteiger partial charge in [0.2, 0.25) is 0 Å². The predicted molar refractivity (Wildman–Crippen MR) is 65.5 cm³/mol. The van der Waals surface area contributed by atoms with Gasteiger partial charge in [-0.2, -0.15) is 0 Å². The Balaban J connectivity index is 2.92. The average Bonchev–Trinajstić information content (AvgIpc) is 2.14. The van der Waals surface area contributed by atoms with E-state index in [9.17, 15) is 0 Å². The van der Waals surface area contributed by atoms with Crippen LogP contribution in [0.5, 0.6) is 0 Å². The van der Waals surface area contributed by atoms with Crippen molar-refractivity contribution in [3.63, 3.8) is 0 Å². The molecule has 1 atom stereocenters. The van der Waals surface area contributed by atoms with E-state index in [1.54, 1.807) is 12.1 Å². The second kappa shape index (κ2) is 5.67. The molecule has 0 saturated heterocycles. The van der Waals surface area contributed by atoms with Gasteiger partial charge in [-0.1, -0.05) is 34.8 Å². The molecule has 0 aliphatic carbocycles. The van der Waals surface area contributed by atoms with Gasteiger partial charge < -0.3 is 0 Å². The fourth-order valence-electron chi connectivity index (χ4n) is 1.01. The van der Waals surface area contributed by atoms with Crippen LogP contribution in [0.2, 0.25) is 15.1 Å². The van der Waals surface area contributed by atoms with E-state index >= 15 is 0 Å². The highest BCUT2D eigenvalue weighted by Crippen LogP contribution is 2.30. The summed E-state index contributed by atoms with van der Waals surface area (Å²) < 4.78 is 0. The van der Waals surface area contributed by atoms with Crippen LogP contribution in [0.15, 0.2) is 12.1 Å². The van der Waals surface area contributed by atoms with E-state index in [0.29, 0.717) is 27.4 Å². The number of rotatable bonds is 3. The lowest BCUT2D eigenvalue weighted by atomic mass is 10.1. The van der Waals surface area contributed by atoms with E-state index in [4.69, 9.17) is 58.0 Å². The Kier molecular flexibility index (Phi) is 5.16. The molecule has 1 unspecified atom stereocenters. The first-order chi connectivity index (χ1) is 6.54. The summed E-state index contributed by atoms with van der Waals surface area (Å²) in [6.07, 6.45) is 0.584. The Morgan fingerprint density at radius 3 is 2.14 bits per heavy atom. The Morgan fingerprint density at radius 2 is 1.57 bits per heavy atom. The molecule has 0 N–H and O–H groups in total. The minimum Gasteiger partial charge on any atom is -0.125 e. The van der Waals surface area contributed by atoms with Crippen LogP contribution in [0, 0.1) is 0 Å². The molecule has 0 spiro atoms. The summed E-state index contributed by atoms with van der Waals surface area (Å²) >= 11 is 29.1. The molecular weight excluding hydrogens is 285 g/mol. The van der Waals surface area contributed by atoms with Gasteiger partial charge in [0.1, 0.15) is 0 Å². The minimum atomic E-state index is -0.147. The Bertz CT molecular complexity index is 323. The molecule has 14 heavy (non-hydrogen) atoms. The molecule has 5 heteroatoms. The number of alkyl halides is 2. The normalized spacial score (nSPS) is 12.9. The van der Waals surface area contributed by atoms with E-state index < -0.39 is 0 Å².